The molecule has 66 valence electrons. The van der Waals surface area contributed by atoms with Crippen LogP contribution in [0.4, 0.5) is 0 Å². The van der Waals surface area contributed by atoms with Gasteiger partial charge in [-0.25, -0.2) is 14.6 Å². The van der Waals surface area contributed by atoms with E-state index in [1.54, 1.807) is 23.1 Å². The fourth-order valence-corrected chi connectivity index (χ4v) is 1.37. The lowest BCUT2D eigenvalue weighted by Gasteiger charge is -1.97. The predicted molar refractivity (Wildman–Crippen MR) is 51.3 cm³/mol. The second-order valence-corrected chi connectivity index (χ2v) is 3.08. The quantitative estimate of drug-likeness (QED) is 0.698. The van der Waals surface area contributed by atoms with Crippen LogP contribution < -0.4 is 0 Å². The molecule has 0 aliphatic heterocycles. The van der Waals surface area contributed by atoms with Gasteiger partial charge in [0, 0.05) is 18.1 Å². The number of hydrogen-bond acceptors (Lipinski definition) is 3. The Hall–Kier alpha value is -1.49. The molecule has 5 heteroatoms. The van der Waals surface area contributed by atoms with Gasteiger partial charge >= 0.3 is 0 Å². The zero-order valence-corrected chi connectivity index (χ0v) is 7.88. The molecule has 2 rings (SSSR count). The summed E-state index contributed by atoms with van der Waals surface area (Å²) in [5, 5.41) is 3.05. The molecule has 1 N–H and O–H groups in total. The molecule has 2 aromatic heterocycles. The standard InChI is InChI=1S/C8H8N4S/c1-6-5-7(13)12(11-6)8-9-3-2-4-10-8/h2-5,11H,1H3. The van der Waals surface area contributed by atoms with E-state index in [4.69, 9.17) is 12.2 Å². The molecule has 0 spiro atoms. The number of H-pyrrole nitrogens is 1. The van der Waals surface area contributed by atoms with E-state index in [1.165, 1.54) is 0 Å². The topological polar surface area (TPSA) is 46.5 Å². The van der Waals surface area contributed by atoms with Crippen molar-refractivity contribution in [3.8, 4) is 5.95 Å². The summed E-state index contributed by atoms with van der Waals surface area (Å²) in [5.41, 5.74) is 0.998. The summed E-state index contributed by atoms with van der Waals surface area (Å²) in [6.45, 7) is 1.94. The van der Waals surface area contributed by atoms with Gasteiger partial charge in [-0.2, -0.15) is 0 Å². The van der Waals surface area contributed by atoms with Crippen molar-refractivity contribution in [2.45, 2.75) is 6.92 Å². The van der Waals surface area contributed by atoms with E-state index in [2.05, 4.69) is 15.1 Å². The van der Waals surface area contributed by atoms with Gasteiger partial charge in [0.2, 0.25) is 5.95 Å². The first-order chi connectivity index (χ1) is 6.27. The summed E-state index contributed by atoms with van der Waals surface area (Å²) in [6.07, 6.45) is 3.36. The number of nitrogens with zero attached hydrogens (tertiary/aromatic N) is 3. The van der Waals surface area contributed by atoms with Crippen molar-refractivity contribution < 1.29 is 0 Å². The molecule has 0 aliphatic rings. The fourth-order valence-electron chi connectivity index (χ4n) is 1.07. The van der Waals surface area contributed by atoms with Crippen molar-refractivity contribution in [2.75, 3.05) is 0 Å². The Morgan fingerprint density at radius 2 is 2.08 bits per heavy atom. The highest BCUT2D eigenvalue weighted by atomic mass is 32.1. The number of aromatic nitrogens is 4. The third-order valence-electron chi connectivity index (χ3n) is 1.60. The average Bonchev–Trinajstić information content (AvgIpc) is 2.47. The number of rotatable bonds is 1. The smallest absolute Gasteiger partial charge is 0.249 e. The second-order valence-electron chi connectivity index (χ2n) is 2.66. The molecule has 0 amide bonds. The first-order valence-electron chi connectivity index (χ1n) is 3.83. The van der Waals surface area contributed by atoms with Crippen LogP contribution in [-0.4, -0.2) is 19.7 Å². The Morgan fingerprint density at radius 3 is 2.62 bits per heavy atom. The third kappa shape index (κ3) is 1.50. The molecule has 0 saturated carbocycles. The number of nitrogens with one attached hydrogen (secondary N) is 1. The molecular weight excluding hydrogens is 184 g/mol. The molecule has 0 fully saturated rings. The SMILES string of the molecule is Cc1cc(=S)n(-c2ncccn2)[nH]1. The van der Waals surface area contributed by atoms with Crippen LogP contribution >= 0.6 is 12.2 Å². The molecule has 0 atom stereocenters. The first kappa shape index (κ1) is 8.12. The highest BCUT2D eigenvalue weighted by molar-refractivity contribution is 7.71. The van der Waals surface area contributed by atoms with Crippen molar-refractivity contribution in [1.82, 2.24) is 19.7 Å². The van der Waals surface area contributed by atoms with Gasteiger partial charge in [-0.3, -0.25) is 5.10 Å². The van der Waals surface area contributed by atoms with Crippen molar-refractivity contribution in [3.05, 3.63) is 34.9 Å². The summed E-state index contributed by atoms with van der Waals surface area (Å²) in [6, 6.07) is 3.63. The monoisotopic (exact) mass is 192 g/mol. The van der Waals surface area contributed by atoms with Crippen molar-refractivity contribution >= 4 is 12.2 Å². The third-order valence-corrected chi connectivity index (χ3v) is 1.90. The van der Waals surface area contributed by atoms with E-state index in [9.17, 15) is 0 Å². The Kier molecular flexibility index (Phi) is 1.94. The van der Waals surface area contributed by atoms with E-state index in [0.29, 0.717) is 10.6 Å². The van der Waals surface area contributed by atoms with E-state index < -0.39 is 0 Å². The van der Waals surface area contributed by atoms with Gasteiger partial charge in [0.1, 0.15) is 4.64 Å². The highest BCUT2D eigenvalue weighted by Crippen LogP contribution is 2.02. The molecular formula is C8H8N4S. The van der Waals surface area contributed by atoms with Gasteiger partial charge < -0.3 is 0 Å². The lowest BCUT2D eigenvalue weighted by molar-refractivity contribution is 0.788. The van der Waals surface area contributed by atoms with Crippen LogP contribution in [-0.2, 0) is 0 Å². The number of hydrogen-bond donors (Lipinski definition) is 1. The molecule has 0 aromatic carbocycles. The van der Waals surface area contributed by atoms with E-state index in [-0.39, 0.29) is 0 Å². The molecule has 0 bridgehead atoms. The number of aryl methyl sites for hydroxylation is 1. The molecule has 2 aromatic rings. The fraction of sp³-hybridized carbons (Fsp3) is 0.125. The van der Waals surface area contributed by atoms with Crippen molar-refractivity contribution in [3.63, 3.8) is 0 Å². The number of aromatic amines is 1. The van der Waals surface area contributed by atoms with Crippen LogP contribution in [0.25, 0.3) is 5.95 Å². The normalized spacial score (nSPS) is 10.2. The van der Waals surface area contributed by atoms with Gasteiger partial charge in [-0.05, 0) is 19.1 Å². The van der Waals surface area contributed by atoms with Gasteiger partial charge in [-0.15, -0.1) is 0 Å². The molecule has 4 nitrogen and oxygen atoms in total. The van der Waals surface area contributed by atoms with Crippen LogP contribution in [0.15, 0.2) is 24.5 Å². The van der Waals surface area contributed by atoms with Gasteiger partial charge in [0.05, 0.1) is 0 Å². The Morgan fingerprint density at radius 1 is 1.38 bits per heavy atom. The van der Waals surface area contributed by atoms with Gasteiger partial charge in [0.25, 0.3) is 0 Å². The van der Waals surface area contributed by atoms with E-state index in [0.717, 1.165) is 5.69 Å². The molecule has 13 heavy (non-hydrogen) atoms. The molecule has 0 saturated heterocycles. The molecule has 2 heterocycles. The summed E-state index contributed by atoms with van der Waals surface area (Å²) < 4.78 is 2.36. The van der Waals surface area contributed by atoms with Crippen molar-refractivity contribution in [1.29, 1.82) is 0 Å². The van der Waals surface area contributed by atoms with E-state index in [1.807, 2.05) is 13.0 Å². The van der Waals surface area contributed by atoms with Crippen LogP contribution in [0.5, 0.6) is 0 Å². The maximum Gasteiger partial charge on any atom is 0.249 e. The zero-order chi connectivity index (χ0) is 9.26. The highest BCUT2D eigenvalue weighted by Gasteiger charge is 2.00. The van der Waals surface area contributed by atoms with Crippen LogP contribution in [0.3, 0.4) is 0 Å². The van der Waals surface area contributed by atoms with Crippen LogP contribution in [0.1, 0.15) is 5.69 Å². The minimum absolute atomic E-state index is 0.570. The minimum Gasteiger partial charge on any atom is -0.295 e. The maximum atomic E-state index is 5.11. The second kappa shape index (κ2) is 3.10. The zero-order valence-electron chi connectivity index (χ0n) is 7.06. The molecule has 0 aliphatic carbocycles. The van der Waals surface area contributed by atoms with Crippen LogP contribution in [0.2, 0.25) is 0 Å². The van der Waals surface area contributed by atoms with Gasteiger partial charge in [0.15, 0.2) is 0 Å². The summed E-state index contributed by atoms with van der Waals surface area (Å²) in [5.74, 6) is 0.570. The first-order valence-corrected chi connectivity index (χ1v) is 4.24. The largest absolute Gasteiger partial charge is 0.295 e. The lowest BCUT2D eigenvalue weighted by atomic mass is 10.5. The van der Waals surface area contributed by atoms with Gasteiger partial charge in [-0.1, -0.05) is 12.2 Å². The summed E-state index contributed by atoms with van der Waals surface area (Å²) >= 11 is 5.11. The Balaban J connectivity index is 2.59. The predicted octanol–water partition coefficient (Wildman–Crippen LogP) is 1.63. The van der Waals surface area contributed by atoms with E-state index >= 15 is 0 Å². The van der Waals surface area contributed by atoms with Crippen molar-refractivity contribution in [2.24, 2.45) is 0 Å². The molecule has 0 unspecified atom stereocenters. The minimum atomic E-state index is 0.570. The Bertz CT molecular complexity index is 456. The summed E-state index contributed by atoms with van der Waals surface area (Å²) in [4.78, 5) is 8.15. The lowest BCUT2D eigenvalue weighted by Crippen LogP contribution is -2.01. The average molecular weight is 192 g/mol. The summed E-state index contributed by atoms with van der Waals surface area (Å²) in [7, 11) is 0. The molecule has 0 radical (unpaired) electrons. The van der Waals surface area contributed by atoms with Crippen LogP contribution in [0, 0.1) is 11.6 Å². The maximum absolute atomic E-state index is 5.11. The Labute approximate surface area is 80.3 Å².